The highest BCUT2D eigenvalue weighted by Gasteiger charge is 2.59. The molecule has 7 heteroatoms. The van der Waals surface area contributed by atoms with Crippen LogP contribution in [-0.4, -0.2) is 54.1 Å². The topological polar surface area (TPSA) is 41.5 Å². The summed E-state index contributed by atoms with van der Waals surface area (Å²) in [6.07, 6.45) is 3.66. The van der Waals surface area contributed by atoms with Crippen LogP contribution in [-0.2, 0) is 6.54 Å². The quantitative estimate of drug-likeness (QED) is 0.822. The molecule has 4 rings (SSSR count). The third-order valence-electron chi connectivity index (χ3n) is 5.80. The number of benzene rings is 1. The molecule has 3 heterocycles. The van der Waals surface area contributed by atoms with Crippen LogP contribution in [0.5, 0.6) is 5.75 Å². The van der Waals surface area contributed by atoms with Crippen molar-refractivity contribution in [1.29, 1.82) is 0 Å². The van der Waals surface area contributed by atoms with Crippen LogP contribution in [0, 0.1) is 5.41 Å². The number of methoxy groups -OCH3 is 1. The molecule has 144 valence electrons. The summed E-state index contributed by atoms with van der Waals surface area (Å²) in [4.78, 5) is 12.5. The van der Waals surface area contributed by atoms with Gasteiger partial charge in [0.1, 0.15) is 5.75 Å². The van der Waals surface area contributed by atoms with Crippen molar-refractivity contribution in [2.75, 3.05) is 38.2 Å². The van der Waals surface area contributed by atoms with Crippen LogP contribution < -0.4 is 9.64 Å². The zero-order chi connectivity index (χ0) is 18.9. The molecule has 1 aromatic heterocycles. The van der Waals surface area contributed by atoms with Crippen molar-refractivity contribution in [1.82, 2.24) is 14.9 Å². The van der Waals surface area contributed by atoms with Crippen LogP contribution in [0.15, 0.2) is 42.7 Å². The van der Waals surface area contributed by atoms with Crippen LogP contribution >= 0.6 is 0 Å². The highest BCUT2D eigenvalue weighted by Crippen LogP contribution is 2.50. The minimum absolute atomic E-state index is 0.105. The van der Waals surface area contributed by atoms with Gasteiger partial charge in [-0.1, -0.05) is 12.1 Å². The highest BCUT2D eigenvalue weighted by atomic mass is 19.3. The summed E-state index contributed by atoms with van der Waals surface area (Å²) in [6, 6.07) is 9.55. The van der Waals surface area contributed by atoms with Crippen LogP contribution in [0.1, 0.15) is 18.4 Å². The Kier molecular flexibility index (Phi) is 4.72. The van der Waals surface area contributed by atoms with E-state index in [-0.39, 0.29) is 6.42 Å². The zero-order valence-corrected chi connectivity index (χ0v) is 15.4. The Balaban J connectivity index is 1.49. The van der Waals surface area contributed by atoms with Crippen molar-refractivity contribution in [2.24, 2.45) is 5.41 Å². The van der Waals surface area contributed by atoms with Crippen molar-refractivity contribution in [3.63, 3.8) is 0 Å². The first-order valence-corrected chi connectivity index (χ1v) is 9.26. The van der Waals surface area contributed by atoms with Gasteiger partial charge in [-0.15, -0.1) is 0 Å². The largest absolute Gasteiger partial charge is 0.497 e. The van der Waals surface area contributed by atoms with Gasteiger partial charge in [-0.25, -0.2) is 18.7 Å². The van der Waals surface area contributed by atoms with E-state index in [9.17, 15) is 8.78 Å². The Labute approximate surface area is 158 Å². The standard InChI is InChI=1S/C20H24F2N4O/c1-27-17-5-3-16(4-6-17)13-25-11-8-20(21,22)19(14-25)7-12-26(15-19)18-23-9-2-10-24-18/h2-6,9-10H,7-8,11-15H2,1H3/t19-/m1/s1. The summed E-state index contributed by atoms with van der Waals surface area (Å²) < 4.78 is 35.1. The van der Waals surface area contributed by atoms with Crippen molar-refractivity contribution in [3.05, 3.63) is 48.3 Å². The maximum atomic E-state index is 15.0. The summed E-state index contributed by atoms with van der Waals surface area (Å²) in [5.74, 6) is -1.33. The van der Waals surface area contributed by atoms with E-state index in [0.717, 1.165) is 11.3 Å². The molecule has 27 heavy (non-hydrogen) atoms. The third-order valence-corrected chi connectivity index (χ3v) is 5.80. The fourth-order valence-corrected chi connectivity index (χ4v) is 4.24. The average molecular weight is 374 g/mol. The number of ether oxygens (including phenoxy) is 1. The lowest BCUT2D eigenvalue weighted by atomic mass is 9.75. The maximum Gasteiger partial charge on any atom is 0.257 e. The number of alkyl halides is 2. The van der Waals surface area contributed by atoms with Gasteiger partial charge >= 0.3 is 0 Å². The molecule has 5 nitrogen and oxygen atoms in total. The lowest BCUT2D eigenvalue weighted by Gasteiger charge is -2.46. The van der Waals surface area contributed by atoms with E-state index >= 15 is 0 Å². The van der Waals surface area contributed by atoms with Gasteiger partial charge in [0.2, 0.25) is 5.95 Å². The lowest BCUT2D eigenvalue weighted by molar-refractivity contribution is -0.158. The van der Waals surface area contributed by atoms with Crippen LogP contribution in [0.25, 0.3) is 0 Å². The van der Waals surface area contributed by atoms with E-state index in [1.54, 1.807) is 25.6 Å². The number of piperidine rings is 1. The number of halogens is 2. The first-order valence-electron chi connectivity index (χ1n) is 9.26. The van der Waals surface area contributed by atoms with E-state index in [4.69, 9.17) is 4.74 Å². The Bertz CT molecular complexity index is 771. The van der Waals surface area contributed by atoms with Gasteiger partial charge in [-0.2, -0.15) is 0 Å². The number of hydrogen-bond acceptors (Lipinski definition) is 5. The Hall–Kier alpha value is -2.28. The molecular formula is C20H24F2N4O. The van der Waals surface area contributed by atoms with Crippen molar-refractivity contribution >= 4 is 5.95 Å². The van der Waals surface area contributed by atoms with Gasteiger partial charge in [0.25, 0.3) is 5.92 Å². The van der Waals surface area contributed by atoms with Crippen molar-refractivity contribution in [3.8, 4) is 5.75 Å². The van der Waals surface area contributed by atoms with Gasteiger partial charge < -0.3 is 9.64 Å². The molecule has 0 aliphatic carbocycles. The van der Waals surface area contributed by atoms with E-state index in [0.29, 0.717) is 45.1 Å². The number of hydrogen-bond donors (Lipinski definition) is 0. The Morgan fingerprint density at radius 3 is 2.48 bits per heavy atom. The molecular weight excluding hydrogens is 350 g/mol. The molecule has 0 N–H and O–H groups in total. The second-order valence-electron chi connectivity index (χ2n) is 7.51. The van der Waals surface area contributed by atoms with E-state index in [2.05, 4.69) is 14.9 Å². The van der Waals surface area contributed by atoms with Gasteiger partial charge in [0.15, 0.2) is 0 Å². The van der Waals surface area contributed by atoms with E-state index in [1.807, 2.05) is 29.2 Å². The second kappa shape index (κ2) is 7.03. The van der Waals surface area contributed by atoms with Gasteiger partial charge in [-0.05, 0) is 30.2 Å². The van der Waals surface area contributed by atoms with Gasteiger partial charge in [-0.3, -0.25) is 4.90 Å². The monoisotopic (exact) mass is 374 g/mol. The molecule has 0 unspecified atom stereocenters. The molecule has 1 aromatic carbocycles. The molecule has 0 bridgehead atoms. The minimum Gasteiger partial charge on any atom is -0.497 e. The van der Waals surface area contributed by atoms with Gasteiger partial charge in [0.05, 0.1) is 12.5 Å². The molecule has 0 radical (unpaired) electrons. The lowest BCUT2D eigenvalue weighted by Crippen LogP contribution is -2.56. The molecule has 1 atom stereocenters. The fourth-order valence-electron chi connectivity index (χ4n) is 4.24. The molecule has 2 aliphatic heterocycles. The normalized spacial score (nSPS) is 25.1. The molecule has 2 aromatic rings. The SMILES string of the molecule is COc1ccc(CN2CCC(F)(F)[C@]3(CCN(c4ncccn4)C3)C2)cc1. The van der Waals surface area contributed by atoms with Crippen LogP contribution in [0.4, 0.5) is 14.7 Å². The van der Waals surface area contributed by atoms with E-state index in [1.165, 1.54) is 0 Å². The number of likely N-dealkylation sites (tertiary alicyclic amines) is 1. The maximum absolute atomic E-state index is 15.0. The number of aromatic nitrogens is 2. The molecule has 2 saturated heterocycles. The average Bonchev–Trinajstić information content (AvgIpc) is 3.12. The molecule has 2 aliphatic rings. The zero-order valence-electron chi connectivity index (χ0n) is 15.4. The minimum atomic E-state index is -2.67. The van der Waals surface area contributed by atoms with Gasteiger partial charge in [0, 0.05) is 51.5 Å². The Morgan fingerprint density at radius 1 is 1.04 bits per heavy atom. The van der Waals surface area contributed by atoms with Crippen LogP contribution in [0.2, 0.25) is 0 Å². The predicted molar refractivity (Wildman–Crippen MR) is 99.1 cm³/mol. The predicted octanol–water partition coefficient (Wildman–Crippen LogP) is 3.22. The summed E-state index contributed by atoms with van der Waals surface area (Å²) in [5.41, 5.74) is 0.0640. The molecule has 0 amide bonds. The Morgan fingerprint density at radius 2 is 1.78 bits per heavy atom. The second-order valence-corrected chi connectivity index (χ2v) is 7.51. The molecule has 2 fully saturated rings. The molecule has 0 saturated carbocycles. The third kappa shape index (κ3) is 3.48. The highest BCUT2D eigenvalue weighted by molar-refractivity contribution is 5.33. The number of rotatable bonds is 4. The van der Waals surface area contributed by atoms with E-state index < -0.39 is 11.3 Å². The summed E-state index contributed by atoms with van der Waals surface area (Å²) >= 11 is 0. The first kappa shape index (κ1) is 18.1. The smallest absolute Gasteiger partial charge is 0.257 e. The number of nitrogens with zero attached hydrogens (tertiary/aromatic N) is 4. The summed E-state index contributed by atoms with van der Waals surface area (Å²) in [5, 5.41) is 0. The van der Waals surface area contributed by atoms with Crippen LogP contribution in [0.3, 0.4) is 0 Å². The number of anilines is 1. The van der Waals surface area contributed by atoms with Crippen molar-refractivity contribution in [2.45, 2.75) is 25.3 Å². The summed E-state index contributed by atoms with van der Waals surface area (Å²) in [6.45, 7) is 2.32. The fraction of sp³-hybridized carbons (Fsp3) is 0.500. The summed E-state index contributed by atoms with van der Waals surface area (Å²) in [7, 11) is 1.63. The van der Waals surface area contributed by atoms with Crippen molar-refractivity contribution < 1.29 is 13.5 Å². The molecule has 1 spiro atoms. The first-order chi connectivity index (χ1) is 13.0.